The summed E-state index contributed by atoms with van der Waals surface area (Å²) in [5, 5.41) is 15.2. The van der Waals surface area contributed by atoms with Crippen molar-refractivity contribution in [2.24, 2.45) is 5.41 Å². The highest BCUT2D eigenvalue weighted by Gasteiger charge is 2.33. The van der Waals surface area contributed by atoms with Crippen LogP contribution >= 0.6 is 0 Å². The Morgan fingerprint density at radius 1 is 1.53 bits per heavy atom. The Morgan fingerprint density at radius 3 is 2.67 bits per heavy atom. The number of nitrogens with one attached hydrogen (secondary N) is 2. The second-order valence-electron chi connectivity index (χ2n) is 4.70. The van der Waals surface area contributed by atoms with Crippen LogP contribution in [-0.4, -0.2) is 36.8 Å². The maximum atomic E-state index is 11.9. The predicted octanol–water partition coefficient (Wildman–Crippen LogP) is 0.263. The Kier molecular flexibility index (Phi) is 4.54. The zero-order valence-corrected chi connectivity index (χ0v) is 9.68. The van der Waals surface area contributed by atoms with E-state index in [1.165, 1.54) is 0 Å². The molecule has 1 fully saturated rings. The Hall–Kier alpha value is -0.610. The summed E-state index contributed by atoms with van der Waals surface area (Å²) in [6, 6.07) is 0. The molecule has 1 unspecified atom stereocenters. The van der Waals surface area contributed by atoms with Gasteiger partial charge in [0.05, 0.1) is 6.10 Å². The monoisotopic (exact) mass is 214 g/mol. The third-order valence-electron chi connectivity index (χ3n) is 3.10. The van der Waals surface area contributed by atoms with Gasteiger partial charge in [0.1, 0.15) is 0 Å². The largest absolute Gasteiger partial charge is 0.393 e. The number of hydrogen-bond donors (Lipinski definition) is 3. The molecular weight excluding hydrogens is 192 g/mol. The first kappa shape index (κ1) is 12.5. The highest BCUT2D eigenvalue weighted by Crippen LogP contribution is 2.27. The molecule has 15 heavy (non-hydrogen) atoms. The molecule has 0 aliphatic carbocycles. The van der Waals surface area contributed by atoms with Crippen LogP contribution in [-0.2, 0) is 4.79 Å². The zero-order chi connectivity index (χ0) is 11.3. The lowest BCUT2D eigenvalue weighted by molar-refractivity contribution is -0.131. The number of carbonyl (C=O) groups is 1. The number of amides is 1. The van der Waals surface area contributed by atoms with Crippen LogP contribution in [0, 0.1) is 5.41 Å². The molecule has 88 valence electrons. The molecule has 1 amide bonds. The average Bonchev–Trinajstić information content (AvgIpc) is 2.18. The van der Waals surface area contributed by atoms with Gasteiger partial charge in [0.15, 0.2) is 0 Å². The van der Waals surface area contributed by atoms with E-state index in [0.29, 0.717) is 13.0 Å². The van der Waals surface area contributed by atoms with E-state index in [1.807, 2.05) is 6.92 Å². The van der Waals surface area contributed by atoms with Crippen molar-refractivity contribution in [2.45, 2.75) is 39.2 Å². The normalized spacial score (nSPS) is 22.1. The number of carbonyl (C=O) groups excluding carboxylic acids is 1. The fourth-order valence-corrected chi connectivity index (χ4v) is 1.81. The second-order valence-corrected chi connectivity index (χ2v) is 4.70. The summed E-state index contributed by atoms with van der Waals surface area (Å²) in [4.78, 5) is 11.9. The Morgan fingerprint density at radius 2 is 2.13 bits per heavy atom. The zero-order valence-electron chi connectivity index (χ0n) is 9.68. The SMILES string of the molecule is CC(O)CCNC(=O)C1(C)CCNCC1. The Labute approximate surface area is 91.4 Å². The van der Waals surface area contributed by atoms with Crippen LogP contribution in [0.1, 0.15) is 33.1 Å². The van der Waals surface area contributed by atoms with Crippen molar-refractivity contribution in [3.63, 3.8) is 0 Å². The number of piperidine rings is 1. The molecule has 4 nitrogen and oxygen atoms in total. The molecule has 1 aliphatic rings. The fraction of sp³-hybridized carbons (Fsp3) is 0.909. The van der Waals surface area contributed by atoms with Gasteiger partial charge in [-0.15, -0.1) is 0 Å². The van der Waals surface area contributed by atoms with Crippen LogP contribution in [0.15, 0.2) is 0 Å². The van der Waals surface area contributed by atoms with Gasteiger partial charge in [0.25, 0.3) is 0 Å². The van der Waals surface area contributed by atoms with Gasteiger partial charge in [-0.05, 0) is 39.3 Å². The second kappa shape index (κ2) is 5.47. The summed E-state index contributed by atoms with van der Waals surface area (Å²) in [5.74, 6) is 0.129. The third-order valence-corrected chi connectivity index (χ3v) is 3.10. The maximum Gasteiger partial charge on any atom is 0.226 e. The molecular formula is C11H22N2O2. The van der Waals surface area contributed by atoms with Crippen LogP contribution in [0.5, 0.6) is 0 Å². The van der Waals surface area contributed by atoms with Crippen molar-refractivity contribution in [1.29, 1.82) is 0 Å². The van der Waals surface area contributed by atoms with Gasteiger partial charge in [-0.3, -0.25) is 4.79 Å². The summed E-state index contributed by atoms with van der Waals surface area (Å²) in [5.41, 5.74) is -0.218. The molecule has 4 heteroatoms. The van der Waals surface area contributed by atoms with Crippen molar-refractivity contribution in [2.75, 3.05) is 19.6 Å². The number of aliphatic hydroxyl groups is 1. The minimum absolute atomic E-state index is 0.129. The molecule has 3 N–H and O–H groups in total. The smallest absolute Gasteiger partial charge is 0.226 e. The number of hydrogen-bond acceptors (Lipinski definition) is 3. The maximum absolute atomic E-state index is 11.9. The van der Waals surface area contributed by atoms with Gasteiger partial charge in [0.2, 0.25) is 5.91 Å². The van der Waals surface area contributed by atoms with E-state index < -0.39 is 0 Å². The van der Waals surface area contributed by atoms with Crippen molar-refractivity contribution in [3.8, 4) is 0 Å². The molecule has 0 radical (unpaired) electrons. The van der Waals surface area contributed by atoms with Gasteiger partial charge in [-0.2, -0.15) is 0 Å². The molecule has 1 saturated heterocycles. The quantitative estimate of drug-likeness (QED) is 0.629. The van der Waals surface area contributed by atoms with E-state index in [1.54, 1.807) is 6.92 Å². The lowest BCUT2D eigenvalue weighted by Crippen LogP contribution is -2.46. The molecule has 0 bridgehead atoms. The van der Waals surface area contributed by atoms with Gasteiger partial charge in [-0.1, -0.05) is 6.92 Å². The Bertz CT molecular complexity index is 211. The predicted molar refractivity (Wildman–Crippen MR) is 59.5 cm³/mol. The molecule has 1 aliphatic heterocycles. The van der Waals surface area contributed by atoms with E-state index in [0.717, 1.165) is 25.9 Å². The van der Waals surface area contributed by atoms with Crippen LogP contribution in [0.3, 0.4) is 0 Å². The minimum Gasteiger partial charge on any atom is -0.393 e. The summed E-state index contributed by atoms with van der Waals surface area (Å²) in [7, 11) is 0. The van der Waals surface area contributed by atoms with E-state index in [4.69, 9.17) is 5.11 Å². The van der Waals surface area contributed by atoms with E-state index in [2.05, 4.69) is 10.6 Å². The standard InChI is InChI=1S/C11H22N2O2/c1-9(14)3-6-13-10(15)11(2)4-7-12-8-5-11/h9,12,14H,3-8H2,1-2H3,(H,13,15). The first-order chi connectivity index (χ1) is 7.04. The molecule has 0 aromatic heterocycles. The minimum atomic E-state index is -0.342. The van der Waals surface area contributed by atoms with Crippen molar-refractivity contribution in [1.82, 2.24) is 10.6 Å². The number of rotatable bonds is 4. The molecule has 0 saturated carbocycles. The molecule has 0 spiro atoms. The van der Waals surface area contributed by atoms with Gasteiger partial charge < -0.3 is 15.7 Å². The highest BCUT2D eigenvalue weighted by atomic mass is 16.3. The highest BCUT2D eigenvalue weighted by molar-refractivity contribution is 5.82. The van der Waals surface area contributed by atoms with Crippen molar-refractivity contribution >= 4 is 5.91 Å². The molecule has 0 aromatic carbocycles. The first-order valence-corrected chi connectivity index (χ1v) is 5.72. The summed E-state index contributed by atoms with van der Waals surface area (Å²) < 4.78 is 0. The fourth-order valence-electron chi connectivity index (χ4n) is 1.81. The van der Waals surface area contributed by atoms with Crippen molar-refractivity contribution < 1.29 is 9.90 Å². The van der Waals surface area contributed by atoms with Crippen molar-refractivity contribution in [3.05, 3.63) is 0 Å². The molecule has 1 atom stereocenters. The molecule has 1 rings (SSSR count). The van der Waals surface area contributed by atoms with Gasteiger partial charge in [-0.25, -0.2) is 0 Å². The van der Waals surface area contributed by atoms with E-state index in [-0.39, 0.29) is 17.4 Å². The summed E-state index contributed by atoms with van der Waals surface area (Å²) in [6.07, 6.45) is 2.08. The van der Waals surface area contributed by atoms with Crippen LogP contribution in [0.4, 0.5) is 0 Å². The molecule has 0 aromatic rings. The average molecular weight is 214 g/mol. The summed E-state index contributed by atoms with van der Waals surface area (Å²) >= 11 is 0. The van der Waals surface area contributed by atoms with Gasteiger partial charge >= 0.3 is 0 Å². The topological polar surface area (TPSA) is 61.4 Å². The van der Waals surface area contributed by atoms with E-state index >= 15 is 0 Å². The summed E-state index contributed by atoms with van der Waals surface area (Å²) in [6.45, 7) is 6.16. The van der Waals surface area contributed by atoms with E-state index in [9.17, 15) is 4.79 Å². The number of aliphatic hydroxyl groups excluding tert-OH is 1. The molecule has 1 heterocycles. The Balaban J connectivity index is 2.31. The van der Waals surface area contributed by atoms with Crippen LogP contribution < -0.4 is 10.6 Å². The van der Waals surface area contributed by atoms with Crippen LogP contribution in [0.2, 0.25) is 0 Å². The third kappa shape index (κ3) is 3.80. The lowest BCUT2D eigenvalue weighted by Gasteiger charge is -2.32. The lowest BCUT2D eigenvalue weighted by atomic mass is 9.80. The first-order valence-electron chi connectivity index (χ1n) is 5.72. The van der Waals surface area contributed by atoms with Gasteiger partial charge in [0, 0.05) is 12.0 Å². The van der Waals surface area contributed by atoms with Crippen LogP contribution in [0.25, 0.3) is 0 Å².